The number of aromatic nitrogens is 1. The van der Waals surface area contributed by atoms with Crippen LogP contribution in [0.1, 0.15) is 0 Å². The number of hydrogen-bond donors (Lipinski definition) is 0. The summed E-state index contributed by atoms with van der Waals surface area (Å²) in [6.45, 7) is 0. The predicted molar refractivity (Wildman–Crippen MR) is 239 cm³/mol. The third kappa shape index (κ3) is 5.60. The fraction of sp³-hybridized carbons (Fsp3) is 0. The molecule has 3 heteroatoms. The number of hydrogen-bond acceptors (Lipinski definition) is 2. The Labute approximate surface area is 330 Å². The lowest BCUT2D eigenvalue weighted by molar-refractivity contribution is 0.673. The molecule has 0 atom stereocenters. The van der Waals surface area contributed by atoms with Crippen molar-refractivity contribution in [3.8, 4) is 39.1 Å². The van der Waals surface area contributed by atoms with Crippen molar-refractivity contribution in [1.29, 1.82) is 0 Å². The molecule has 0 saturated heterocycles. The molecular formula is C54H36N2O. The van der Waals surface area contributed by atoms with Gasteiger partial charge in [0, 0.05) is 38.9 Å². The van der Waals surface area contributed by atoms with E-state index in [1.54, 1.807) is 0 Å². The molecule has 0 aliphatic heterocycles. The molecule has 268 valence electrons. The maximum absolute atomic E-state index is 6.82. The van der Waals surface area contributed by atoms with Gasteiger partial charge in [-0.25, -0.2) is 0 Å². The monoisotopic (exact) mass is 728 g/mol. The molecule has 0 aliphatic carbocycles. The second-order valence-electron chi connectivity index (χ2n) is 14.5. The van der Waals surface area contributed by atoms with Crippen LogP contribution in [-0.4, -0.2) is 4.57 Å². The highest BCUT2D eigenvalue weighted by Gasteiger charge is 2.21. The van der Waals surface area contributed by atoms with E-state index in [0.717, 1.165) is 72.2 Å². The lowest BCUT2D eigenvalue weighted by Gasteiger charge is -2.26. The van der Waals surface area contributed by atoms with E-state index in [2.05, 4.69) is 228 Å². The fourth-order valence-corrected chi connectivity index (χ4v) is 8.54. The van der Waals surface area contributed by atoms with Gasteiger partial charge in [-0.2, -0.15) is 0 Å². The lowest BCUT2D eigenvalue weighted by Crippen LogP contribution is -2.09. The van der Waals surface area contributed by atoms with Crippen molar-refractivity contribution in [2.45, 2.75) is 0 Å². The fourth-order valence-electron chi connectivity index (χ4n) is 8.54. The Balaban J connectivity index is 1.02. The Morgan fingerprint density at radius 2 is 0.842 bits per heavy atom. The molecule has 0 saturated carbocycles. The van der Waals surface area contributed by atoms with E-state index >= 15 is 0 Å². The molecule has 0 unspecified atom stereocenters. The quantitative estimate of drug-likeness (QED) is 0.163. The van der Waals surface area contributed by atoms with Crippen LogP contribution in [0.5, 0.6) is 0 Å². The number of furan rings is 1. The molecular weight excluding hydrogens is 693 g/mol. The van der Waals surface area contributed by atoms with E-state index in [4.69, 9.17) is 4.42 Å². The standard InChI is InChI=1S/C54H36N2O/c1-4-13-37(14-5-1)39-23-29-43(30-24-39)55(44-31-25-40(26-32-44)38-15-6-2-7-16-38)45-33-27-41(28-34-45)46-20-12-22-51-52(46)48-35-36-50-53(54(48)57-51)47-19-10-11-21-49(47)56(50)42-17-8-3-9-18-42/h1-36H. The minimum Gasteiger partial charge on any atom is -0.455 e. The molecule has 0 radical (unpaired) electrons. The van der Waals surface area contributed by atoms with Gasteiger partial charge in [0.1, 0.15) is 11.2 Å². The topological polar surface area (TPSA) is 21.3 Å². The molecule has 3 nitrogen and oxygen atoms in total. The second-order valence-corrected chi connectivity index (χ2v) is 14.5. The number of benzene rings is 9. The molecule has 11 aromatic rings. The second kappa shape index (κ2) is 13.6. The molecule has 57 heavy (non-hydrogen) atoms. The molecule has 2 heterocycles. The Morgan fingerprint density at radius 1 is 0.333 bits per heavy atom. The van der Waals surface area contributed by atoms with Crippen LogP contribution >= 0.6 is 0 Å². The van der Waals surface area contributed by atoms with Crippen LogP contribution in [0.4, 0.5) is 17.1 Å². The molecule has 11 rings (SSSR count). The molecule has 0 amide bonds. The van der Waals surface area contributed by atoms with Crippen molar-refractivity contribution in [3.05, 3.63) is 218 Å². The maximum atomic E-state index is 6.82. The van der Waals surface area contributed by atoms with E-state index in [1.165, 1.54) is 27.6 Å². The average Bonchev–Trinajstić information content (AvgIpc) is 3.84. The van der Waals surface area contributed by atoms with Crippen molar-refractivity contribution in [2.75, 3.05) is 4.90 Å². The van der Waals surface area contributed by atoms with Gasteiger partial charge in [0.2, 0.25) is 0 Å². The predicted octanol–water partition coefficient (Wildman–Crippen LogP) is 15.2. The van der Waals surface area contributed by atoms with Crippen molar-refractivity contribution >= 4 is 60.8 Å². The van der Waals surface area contributed by atoms with Crippen LogP contribution in [0.2, 0.25) is 0 Å². The Bertz CT molecular complexity index is 3100. The minimum absolute atomic E-state index is 0.884. The third-order valence-corrected chi connectivity index (χ3v) is 11.2. The van der Waals surface area contributed by atoms with E-state index in [-0.39, 0.29) is 0 Å². The van der Waals surface area contributed by atoms with E-state index in [9.17, 15) is 0 Å². The van der Waals surface area contributed by atoms with Crippen LogP contribution in [0.3, 0.4) is 0 Å². The first-order valence-electron chi connectivity index (χ1n) is 19.4. The molecule has 0 aliphatic rings. The average molecular weight is 729 g/mol. The highest BCUT2D eigenvalue weighted by Crippen LogP contribution is 2.44. The zero-order valence-corrected chi connectivity index (χ0v) is 31.1. The van der Waals surface area contributed by atoms with Gasteiger partial charge >= 0.3 is 0 Å². The summed E-state index contributed by atoms with van der Waals surface area (Å²) < 4.78 is 9.16. The number of anilines is 3. The third-order valence-electron chi connectivity index (χ3n) is 11.2. The number of nitrogens with zero attached hydrogens (tertiary/aromatic N) is 2. The van der Waals surface area contributed by atoms with Gasteiger partial charge in [0.05, 0.1) is 16.4 Å². The Morgan fingerprint density at radius 3 is 1.44 bits per heavy atom. The first kappa shape index (κ1) is 32.8. The van der Waals surface area contributed by atoms with Crippen molar-refractivity contribution in [2.24, 2.45) is 0 Å². The van der Waals surface area contributed by atoms with Crippen molar-refractivity contribution in [1.82, 2.24) is 4.57 Å². The lowest BCUT2D eigenvalue weighted by atomic mass is 9.98. The normalized spacial score (nSPS) is 11.5. The SMILES string of the molecule is c1ccc(-c2ccc(N(c3ccc(-c4ccccc4)cc3)c3ccc(-c4cccc5oc6c(ccc7c6c6ccccc6n7-c6ccccc6)c45)cc3)cc2)cc1. The summed E-state index contributed by atoms with van der Waals surface area (Å²) >= 11 is 0. The first-order valence-corrected chi connectivity index (χ1v) is 19.4. The van der Waals surface area contributed by atoms with Crippen LogP contribution in [0, 0.1) is 0 Å². The summed E-state index contributed by atoms with van der Waals surface area (Å²) in [4.78, 5) is 2.33. The Hall–Kier alpha value is -7.62. The van der Waals surface area contributed by atoms with E-state index in [0.29, 0.717) is 0 Å². The maximum Gasteiger partial charge on any atom is 0.145 e. The number of rotatable bonds is 7. The van der Waals surface area contributed by atoms with Gasteiger partial charge in [-0.3, -0.25) is 0 Å². The van der Waals surface area contributed by atoms with Crippen LogP contribution in [-0.2, 0) is 0 Å². The first-order chi connectivity index (χ1) is 28.3. The van der Waals surface area contributed by atoms with Crippen LogP contribution < -0.4 is 4.90 Å². The zero-order valence-electron chi connectivity index (χ0n) is 31.1. The summed E-state index contributed by atoms with van der Waals surface area (Å²) in [6, 6.07) is 77.9. The van der Waals surface area contributed by atoms with Crippen LogP contribution in [0.15, 0.2) is 223 Å². The molecule has 0 spiro atoms. The molecule has 9 aromatic carbocycles. The van der Waals surface area contributed by atoms with Crippen molar-refractivity contribution in [3.63, 3.8) is 0 Å². The number of para-hydroxylation sites is 2. The van der Waals surface area contributed by atoms with Gasteiger partial charge in [0.25, 0.3) is 0 Å². The summed E-state index contributed by atoms with van der Waals surface area (Å²) in [5.41, 5.74) is 15.6. The minimum atomic E-state index is 0.884. The van der Waals surface area contributed by atoms with E-state index in [1.807, 2.05) is 0 Å². The highest BCUT2D eigenvalue weighted by molar-refractivity contribution is 6.25. The van der Waals surface area contributed by atoms with Gasteiger partial charge in [-0.1, -0.05) is 146 Å². The number of fused-ring (bicyclic) bond motifs is 7. The summed E-state index contributed by atoms with van der Waals surface area (Å²) in [7, 11) is 0. The highest BCUT2D eigenvalue weighted by atomic mass is 16.3. The van der Waals surface area contributed by atoms with E-state index < -0.39 is 0 Å². The van der Waals surface area contributed by atoms with Gasteiger partial charge in [-0.05, 0) is 106 Å². The molecule has 0 fully saturated rings. The zero-order chi connectivity index (χ0) is 37.7. The van der Waals surface area contributed by atoms with Crippen LogP contribution in [0.25, 0.3) is 82.8 Å². The summed E-state index contributed by atoms with van der Waals surface area (Å²) in [6.07, 6.45) is 0. The smallest absolute Gasteiger partial charge is 0.145 e. The summed E-state index contributed by atoms with van der Waals surface area (Å²) in [5, 5.41) is 4.56. The molecule has 2 aromatic heterocycles. The van der Waals surface area contributed by atoms with Gasteiger partial charge in [-0.15, -0.1) is 0 Å². The van der Waals surface area contributed by atoms with Gasteiger partial charge < -0.3 is 13.9 Å². The van der Waals surface area contributed by atoms with Gasteiger partial charge in [0.15, 0.2) is 0 Å². The summed E-state index contributed by atoms with van der Waals surface area (Å²) in [5.74, 6) is 0. The Kier molecular flexibility index (Phi) is 7.82. The largest absolute Gasteiger partial charge is 0.455 e. The molecule has 0 N–H and O–H groups in total. The van der Waals surface area contributed by atoms with Crippen molar-refractivity contribution < 1.29 is 4.42 Å². The molecule has 0 bridgehead atoms.